The second kappa shape index (κ2) is 10.2. The average molecular weight is 475 g/mol. The van der Waals surface area contributed by atoms with Crippen LogP contribution >= 0.6 is 0 Å². The van der Waals surface area contributed by atoms with E-state index in [2.05, 4.69) is 44.3 Å². The Kier molecular flexibility index (Phi) is 7.25. The van der Waals surface area contributed by atoms with Gasteiger partial charge in [0, 0.05) is 18.2 Å². The molecule has 0 bridgehead atoms. The van der Waals surface area contributed by atoms with Gasteiger partial charge in [0.15, 0.2) is 0 Å². The quantitative estimate of drug-likeness (QED) is 0.556. The van der Waals surface area contributed by atoms with Crippen LogP contribution in [0, 0.1) is 24.6 Å². The van der Waals surface area contributed by atoms with Crippen LogP contribution < -0.4 is 5.32 Å². The molecule has 1 aliphatic heterocycles. The highest BCUT2D eigenvalue weighted by atomic mass is 19.1. The van der Waals surface area contributed by atoms with Crippen LogP contribution in [0.2, 0.25) is 0 Å². The van der Waals surface area contributed by atoms with Crippen molar-refractivity contribution >= 4 is 17.5 Å². The summed E-state index contributed by atoms with van der Waals surface area (Å²) < 4.78 is 14.8. The molecule has 35 heavy (non-hydrogen) atoms. The lowest BCUT2D eigenvalue weighted by molar-refractivity contribution is -0.123. The molecule has 1 heterocycles. The number of hydrogen-bond acceptors (Lipinski definition) is 2. The van der Waals surface area contributed by atoms with Crippen molar-refractivity contribution in [2.75, 3.05) is 11.9 Å². The molecule has 1 aliphatic carbocycles. The fourth-order valence-electron chi connectivity index (χ4n) is 5.27. The van der Waals surface area contributed by atoms with Crippen molar-refractivity contribution in [3.63, 3.8) is 0 Å². The zero-order chi connectivity index (χ0) is 25.2. The molecule has 5 heteroatoms. The fourth-order valence-corrected chi connectivity index (χ4v) is 5.27. The monoisotopic (exact) mass is 474 g/mol. The Bertz CT molecular complexity index is 1140. The molecule has 2 aliphatic rings. The first kappa shape index (κ1) is 24.9. The molecule has 2 aromatic rings. The summed E-state index contributed by atoms with van der Waals surface area (Å²) in [5.74, 6) is -1.34. The summed E-state index contributed by atoms with van der Waals surface area (Å²) in [6, 6.07) is 12.3. The highest BCUT2D eigenvalue weighted by Crippen LogP contribution is 2.35. The van der Waals surface area contributed by atoms with Gasteiger partial charge in [-0.05, 0) is 60.9 Å². The lowest BCUT2D eigenvalue weighted by Crippen LogP contribution is -2.55. The summed E-state index contributed by atoms with van der Waals surface area (Å²) >= 11 is 0. The highest BCUT2D eigenvalue weighted by molar-refractivity contribution is 5.98. The van der Waals surface area contributed by atoms with Gasteiger partial charge in [0.2, 0.25) is 5.91 Å². The molecule has 0 spiro atoms. The number of nitrogens with one attached hydrogen (secondary N) is 1. The number of anilines is 1. The molecule has 1 fully saturated rings. The van der Waals surface area contributed by atoms with Gasteiger partial charge in [-0.2, -0.15) is 0 Å². The van der Waals surface area contributed by atoms with Gasteiger partial charge in [-0.25, -0.2) is 4.39 Å². The summed E-state index contributed by atoms with van der Waals surface area (Å²) in [6.45, 7) is 8.69. The molecular weight excluding hydrogens is 439 g/mol. The maximum atomic E-state index is 14.8. The maximum Gasteiger partial charge on any atom is 0.257 e. The molecule has 1 unspecified atom stereocenters. The second-order valence-corrected chi connectivity index (χ2v) is 10.7. The SMILES string of the molecule is Cc1cccc(F)c1C(=O)N1CCC[C@H](C(=O)Nc2cccc(C(C)(C)C)c2)C1[C@@H]1C=CC=CC1. The third kappa shape index (κ3) is 5.39. The van der Waals surface area contributed by atoms with Crippen molar-refractivity contribution in [1.29, 1.82) is 0 Å². The van der Waals surface area contributed by atoms with Crippen LogP contribution in [0.5, 0.6) is 0 Å². The lowest BCUT2D eigenvalue weighted by atomic mass is 9.77. The summed E-state index contributed by atoms with van der Waals surface area (Å²) in [7, 11) is 0. The van der Waals surface area contributed by atoms with Gasteiger partial charge in [0.1, 0.15) is 5.82 Å². The zero-order valence-electron chi connectivity index (χ0n) is 21.1. The summed E-state index contributed by atoms with van der Waals surface area (Å²) in [4.78, 5) is 29.1. The molecule has 4 rings (SSSR count). The Balaban J connectivity index is 1.65. The minimum Gasteiger partial charge on any atom is -0.334 e. The Morgan fingerprint density at radius 3 is 2.54 bits per heavy atom. The van der Waals surface area contributed by atoms with E-state index < -0.39 is 5.82 Å². The van der Waals surface area contributed by atoms with Crippen molar-refractivity contribution in [2.45, 2.75) is 58.4 Å². The van der Waals surface area contributed by atoms with Crippen molar-refractivity contribution in [3.8, 4) is 0 Å². The maximum absolute atomic E-state index is 14.8. The van der Waals surface area contributed by atoms with E-state index in [9.17, 15) is 14.0 Å². The van der Waals surface area contributed by atoms with E-state index >= 15 is 0 Å². The zero-order valence-corrected chi connectivity index (χ0v) is 21.1. The highest BCUT2D eigenvalue weighted by Gasteiger charge is 2.42. The van der Waals surface area contributed by atoms with E-state index in [1.807, 2.05) is 30.4 Å². The molecule has 0 aromatic heterocycles. The van der Waals surface area contributed by atoms with Gasteiger partial charge < -0.3 is 10.2 Å². The summed E-state index contributed by atoms with van der Waals surface area (Å²) in [5.41, 5.74) is 2.58. The normalized spacial score (nSPS) is 22.2. The van der Waals surface area contributed by atoms with Gasteiger partial charge in [-0.15, -0.1) is 0 Å². The number of halogens is 1. The molecule has 4 nitrogen and oxygen atoms in total. The van der Waals surface area contributed by atoms with Gasteiger partial charge in [0.05, 0.1) is 17.5 Å². The van der Waals surface area contributed by atoms with Crippen molar-refractivity contribution in [3.05, 3.63) is 89.3 Å². The first-order valence-corrected chi connectivity index (χ1v) is 12.5. The largest absolute Gasteiger partial charge is 0.334 e. The number of likely N-dealkylation sites (tertiary alicyclic amines) is 1. The van der Waals surface area contributed by atoms with E-state index in [0.717, 1.165) is 17.7 Å². The molecule has 1 N–H and O–H groups in total. The van der Waals surface area contributed by atoms with E-state index in [1.165, 1.54) is 6.07 Å². The predicted octanol–water partition coefficient (Wildman–Crippen LogP) is 6.42. The number of hydrogen-bond donors (Lipinski definition) is 1. The first-order chi connectivity index (χ1) is 16.7. The van der Waals surface area contributed by atoms with Gasteiger partial charge in [0.25, 0.3) is 5.91 Å². The lowest BCUT2D eigenvalue weighted by Gasteiger charge is -2.44. The third-order valence-corrected chi connectivity index (χ3v) is 7.17. The summed E-state index contributed by atoms with van der Waals surface area (Å²) in [5, 5.41) is 3.12. The minimum atomic E-state index is -0.515. The Morgan fingerprint density at radius 1 is 1.09 bits per heavy atom. The van der Waals surface area contributed by atoms with Crippen LogP contribution in [0.4, 0.5) is 10.1 Å². The van der Waals surface area contributed by atoms with Crippen molar-refractivity contribution in [1.82, 2.24) is 4.90 Å². The molecular formula is C30H35FN2O2. The van der Waals surface area contributed by atoms with Gasteiger partial charge in [-0.3, -0.25) is 9.59 Å². The minimum absolute atomic E-state index is 0.00649. The molecule has 184 valence electrons. The topological polar surface area (TPSA) is 49.4 Å². The van der Waals surface area contributed by atoms with Crippen LogP contribution in [0.1, 0.15) is 61.5 Å². The number of amides is 2. The number of carbonyl (C=O) groups excluding carboxylic acids is 2. The molecule has 0 radical (unpaired) electrons. The number of piperidine rings is 1. The smallest absolute Gasteiger partial charge is 0.257 e. The van der Waals surface area contributed by atoms with E-state index in [1.54, 1.807) is 24.0 Å². The van der Waals surface area contributed by atoms with Crippen molar-refractivity contribution in [2.24, 2.45) is 11.8 Å². The van der Waals surface area contributed by atoms with Crippen LogP contribution in [0.25, 0.3) is 0 Å². The van der Waals surface area contributed by atoms with Gasteiger partial charge >= 0.3 is 0 Å². The van der Waals surface area contributed by atoms with Crippen LogP contribution in [0.3, 0.4) is 0 Å². The van der Waals surface area contributed by atoms with E-state index in [4.69, 9.17) is 0 Å². The van der Waals surface area contributed by atoms with Gasteiger partial charge in [-0.1, -0.05) is 69.3 Å². The van der Waals surface area contributed by atoms with Crippen LogP contribution in [-0.2, 0) is 10.2 Å². The number of allylic oxidation sites excluding steroid dienone is 3. The van der Waals surface area contributed by atoms with Crippen LogP contribution in [0.15, 0.2) is 66.8 Å². The van der Waals surface area contributed by atoms with E-state index in [0.29, 0.717) is 24.9 Å². The van der Waals surface area contributed by atoms with E-state index in [-0.39, 0.29) is 40.7 Å². The second-order valence-electron chi connectivity index (χ2n) is 10.7. The number of benzene rings is 2. The molecule has 2 aromatic carbocycles. The molecule has 2 amide bonds. The Labute approximate surface area is 207 Å². The van der Waals surface area contributed by atoms with Crippen molar-refractivity contribution < 1.29 is 14.0 Å². The van der Waals surface area contributed by atoms with Crippen LogP contribution in [-0.4, -0.2) is 29.3 Å². The number of aryl methyl sites for hydroxylation is 1. The number of rotatable bonds is 4. The number of nitrogens with zero attached hydrogens (tertiary/aromatic N) is 1. The first-order valence-electron chi connectivity index (χ1n) is 12.5. The fraction of sp³-hybridized carbons (Fsp3) is 0.400. The Hall–Kier alpha value is -3.21. The predicted molar refractivity (Wildman–Crippen MR) is 139 cm³/mol. The average Bonchev–Trinajstić information content (AvgIpc) is 2.83. The Morgan fingerprint density at radius 2 is 1.86 bits per heavy atom. The number of carbonyl (C=O) groups is 2. The molecule has 0 saturated carbocycles. The molecule has 1 saturated heterocycles. The molecule has 3 atom stereocenters. The third-order valence-electron chi connectivity index (χ3n) is 7.17. The standard InChI is InChI=1S/C30H35FN2O2/c1-20-11-8-17-25(31)26(20)29(35)33-18-10-16-24(27(33)21-12-6-5-7-13-21)28(34)32-23-15-9-14-22(19-23)30(2,3)4/h5-9,11-12,14-15,17,19,21,24,27H,10,13,16,18H2,1-4H3,(H,32,34)/t21-,24+,27?/m1/s1. The summed E-state index contributed by atoms with van der Waals surface area (Å²) in [6.07, 6.45) is 10.2.